The number of carboxylic acid groups (broad SMARTS) is 1. The molecule has 4 heteroatoms. The Morgan fingerprint density at radius 3 is 2.81 bits per heavy atom. The van der Waals surface area contributed by atoms with Crippen LogP contribution >= 0.6 is 0 Å². The number of hydrogen-bond donors (Lipinski definition) is 2. The topological polar surface area (TPSA) is 58.6 Å². The Bertz CT molecular complexity index is 324. The molecular weight excluding hydrogens is 206 g/mol. The van der Waals surface area contributed by atoms with E-state index in [0.717, 1.165) is 18.3 Å². The molecule has 0 aliphatic heterocycles. The molecule has 1 aromatic rings. The minimum absolute atomic E-state index is 0.250. The molecule has 4 nitrogen and oxygen atoms in total. The number of hydrogen-bond acceptors (Lipinski definition) is 3. The lowest BCUT2D eigenvalue weighted by Gasteiger charge is -2.04. The fourth-order valence-corrected chi connectivity index (χ4v) is 1.33. The van der Waals surface area contributed by atoms with Crippen LogP contribution < -0.4 is 10.1 Å². The van der Waals surface area contributed by atoms with Gasteiger partial charge < -0.3 is 15.2 Å². The molecule has 0 aromatic heterocycles. The quantitative estimate of drug-likeness (QED) is 0.762. The molecule has 88 valence electrons. The van der Waals surface area contributed by atoms with Crippen LogP contribution in [0, 0.1) is 0 Å². The second-order valence-corrected chi connectivity index (χ2v) is 3.61. The molecule has 0 spiro atoms. The van der Waals surface area contributed by atoms with E-state index in [9.17, 15) is 0 Å². The third kappa shape index (κ3) is 4.79. The summed E-state index contributed by atoms with van der Waals surface area (Å²) < 4.78 is 5.15. The van der Waals surface area contributed by atoms with Gasteiger partial charge in [-0.15, -0.1) is 0 Å². The Kier molecular flexibility index (Phi) is 5.36. The molecule has 1 aromatic carbocycles. The maximum absolute atomic E-state index is 8.36. The molecule has 0 radical (unpaired) electrons. The molecule has 1 fully saturated rings. The zero-order valence-electron chi connectivity index (χ0n) is 9.35. The van der Waals surface area contributed by atoms with Gasteiger partial charge in [-0.2, -0.15) is 0 Å². The summed E-state index contributed by atoms with van der Waals surface area (Å²) in [5, 5.41) is 10.4. The van der Waals surface area contributed by atoms with Crippen LogP contribution in [0.1, 0.15) is 18.4 Å². The Hall–Kier alpha value is -1.55. The van der Waals surface area contributed by atoms with Gasteiger partial charge in [0.25, 0.3) is 6.47 Å². The van der Waals surface area contributed by atoms with E-state index in [-0.39, 0.29) is 6.47 Å². The second-order valence-electron chi connectivity index (χ2n) is 3.61. The predicted molar refractivity (Wildman–Crippen MR) is 61.5 cm³/mol. The number of nitrogens with one attached hydrogen (secondary N) is 1. The number of carbonyl (C=O) groups is 1. The van der Waals surface area contributed by atoms with Crippen LogP contribution in [-0.4, -0.2) is 24.7 Å². The fraction of sp³-hybridized carbons (Fsp3) is 0.417. The Morgan fingerprint density at radius 2 is 2.25 bits per heavy atom. The van der Waals surface area contributed by atoms with Crippen molar-refractivity contribution < 1.29 is 14.6 Å². The Labute approximate surface area is 95.2 Å². The highest BCUT2D eigenvalue weighted by molar-refractivity contribution is 5.32. The van der Waals surface area contributed by atoms with Gasteiger partial charge >= 0.3 is 0 Å². The molecule has 2 rings (SSSR count). The van der Waals surface area contributed by atoms with Crippen LogP contribution in [0.25, 0.3) is 0 Å². The number of benzene rings is 1. The Morgan fingerprint density at radius 1 is 1.56 bits per heavy atom. The van der Waals surface area contributed by atoms with E-state index in [1.165, 1.54) is 18.4 Å². The molecule has 16 heavy (non-hydrogen) atoms. The summed E-state index contributed by atoms with van der Waals surface area (Å²) >= 11 is 0. The second kappa shape index (κ2) is 6.85. The lowest BCUT2D eigenvalue weighted by molar-refractivity contribution is -0.122. The van der Waals surface area contributed by atoms with E-state index in [4.69, 9.17) is 14.6 Å². The van der Waals surface area contributed by atoms with Gasteiger partial charge in [-0.05, 0) is 30.5 Å². The largest absolute Gasteiger partial charge is 0.497 e. The van der Waals surface area contributed by atoms with Crippen molar-refractivity contribution in [1.29, 1.82) is 0 Å². The van der Waals surface area contributed by atoms with Crippen LogP contribution in [0.2, 0.25) is 0 Å². The van der Waals surface area contributed by atoms with Gasteiger partial charge in [-0.3, -0.25) is 4.79 Å². The van der Waals surface area contributed by atoms with Gasteiger partial charge in [0.15, 0.2) is 0 Å². The molecule has 0 atom stereocenters. The maximum atomic E-state index is 8.36. The minimum atomic E-state index is -0.250. The highest BCUT2D eigenvalue weighted by Gasteiger charge is 2.19. The maximum Gasteiger partial charge on any atom is 0.290 e. The van der Waals surface area contributed by atoms with Crippen LogP contribution in [0.5, 0.6) is 5.75 Å². The molecule has 1 saturated carbocycles. The van der Waals surface area contributed by atoms with Crippen molar-refractivity contribution in [2.45, 2.75) is 25.4 Å². The third-order valence-electron chi connectivity index (χ3n) is 2.31. The average Bonchev–Trinajstić information content (AvgIpc) is 3.12. The summed E-state index contributed by atoms with van der Waals surface area (Å²) in [7, 11) is 1.70. The zero-order chi connectivity index (χ0) is 11.8. The smallest absolute Gasteiger partial charge is 0.290 e. The van der Waals surface area contributed by atoms with E-state index in [2.05, 4.69) is 17.4 Å². The minimum Gasteiger partial charge on any atom is -0.497 e. The highest BCUT2D eigenvalue weighted by Crippen LogP contribution is 2.20. The molecule has 0 heterocycles. The summed E-state index contributed by atoms with van der Waals surface area (Å²) in [5.74, 6) is 0.940. The lowest BCUT2D eigenvalue weighted by atomic mass is 10.2. The SMILES string of the molecule is COc1cccc(CNC2CC2)c1.O=CO. The molecule has 0 unspecified atom stereocenters. The van der Waals surface area contributed by atoms with Crippen molar-refractivity contribution in [2.75, 3.05) is 7.11 Å². The van der Waals surface area contributed by atoms with E-state index in [0.29, 0.717) is 0 Å². The van der Waals surface area contributed by atoms with Gasteiger partial charge in [0, 0.05) is 12.6 Å². The average molecular weight is 223 g/mol. The van der Waals surface area contributed by atoms with Crippen molar-refractivity contribution in [3.05, 3.63) is 29.8 Å². The van der Waals surface area contributed by atoms with E-state index >= 15 is 0 Å². The standard InChI is InChI=1S/C11H15NO.CH2O2/c1-13-11-4-2-3-9(7-11)8-12-10-5-6-10;2-1-3/h2-4,7,10,12H,5-6,8H2,1H3;1H,(H,2,3). The predicted octanol–water partition coefficient (Wildman–Crippen LogP) is 1.65. The van der Waals surface area contributed by atoms with Crippen LogP contribution in [-0.2, 0) is 11.3 Å². The summed E-state index contributed by atoms with van der Waals surface area (Å²) in [6.07, 6.45) is 2.67. The first kappa shape index (κ1) is 12.5. The normalized spacial score (nSPS) is 13.6. The first-order chi connectivity index (χ1) is 7.80. The third-order valence-corrected chi connectivity index (χ3v) is 2.31. The zero-order valence-corrected chi connectivity index (χ0v) is 9.35. The van der Waals surface area contributed by atoms with Crippen molar-refractivity contribution in [3.8, 4) is 5.75 Å². The summed E-state index contributed by atoms with van der Waals surface area (Å²) in [4.78, 5) is 8.36. The highest BCUT2D eigenvalue weighted by atomic mass is 16.5. The molecular formula is C12H17NO3. The van der Waals surface area contributed by atoms with Gasteiger partial charge in [0.1, 0.15) is 5.75 Å². The number of methoxy groups -OCH3 is 1. The molecule has 0 saturated heterocycles. The monoisotopic (exact) mass is 223 g/mol. The van der Waals surface area contributed by atoms with E-state index < -0.39 is 0 Å². The van der Waals surface area contributed by atoms with Crippen LogP contribution in [0.4, 0.5) is 0 Å². The number of ether oxygens (including phenoxy) is 1. The lowest BCUT2D eigenvalue weighted by Crippen LogP contribution is -2.15. The fourth-order valence-electron chi connectivity index (χ4n) is 1.33. The molecule has 0 amide bonds. The van der Waals surface area contributed by atoms with Gasteiger partial charge in [0.2, 0.25) is 0 Å². The Balaban J connectivity index is 0.000000386. The molecule has 1 aliphatic rings. The van der Waals surface area contributed by atoms with Crippen molar-refractivity contribution in [2.24, 2.45) is 0 Å². The molecule has 1 aliphatic carbocycles. The summed E-state index contributed by atoms with van der Waals surface area (Å²) in [6.45, 7) is 0.710. The first-order valence-electron chi connectivity index (χ1n) is 5.24. The van der Waals surface area contributed by atoms with Gasteiger partial charge in [-0.25, -0.2) is 0 Å². The first-order valence-corrected chi connectivity index (χ1v) is 5.24. The van der Waals surface area contributed by atoms with E-state index in [1.54, 1.807) is 7.11 Å². The van der Waals surface area contributed by atoms with Gasteiger partial charge in [-0.1, -0.05) is 12.1 Å². The summed E-state index contributed by atoms with van der Waals surface area (Å²) in [6, 6.07) is 8.97. The summed E-state index contributed by atoms with van der Waals surface area (Å²) in [5.41, 5.74) is 1.30. The van der Waals surface area contributed by atoms with E-state index in [1.807, 2.05) is 12.1 Å². The number of rotatable bonds is 4. The van der Waals surface area contributed by atoms with Crippen molar-refractivity contribution in [1.82, 2.24) is 5.32 Å². The molecule has 0 bridgehead atoms. The van der Waals surface area contributed by atoms with Crippen molar-refractivity contribution >= 4 is 6.47 Å². The van der Waals surface area contributed by atoms with Crippen molar-refractivity contribution in [3.63, 3.8) is 0 Å². The van der Waals surface area contributed by atoms with Crippen LogP contribution in [0.3, 0.4) is 0 Å². The van der Waals surface area contributed by atoms with Gasteiger partial charge in [0.05, 0.1) is 7.11 Å². The molecule has 2 N–H and O–H groups in total. The van der Waals surface area contributed by atoms with Crippen LogP contribution in [0.15, 0.2) is 24.3 Å².